The molecular weight excluding hydrogens is 481 g/mol. The maximum atomic E-state index is 15.0. The second-order valence-electron chi connectivity index (χ2n) is 8.07. The first-order chi connectivity index (χ1) is 17.4. The Hall–Kier alpha value is -4.28. The van der Waals surface area contributed by atoms with Gasteiger partial charge >= 0.3 is 0 Å². The van der Waals surface area contributed by atoms with E-state index in [4.69, 9.17) is 9.88 Å². The molecule has 0 radical (unpaired) electrons. The van der Waals surface area contributed by atoms with E-state index in [1.54, 1.807) is 47.3 Å². The van der Waals surface area contributed by atoms with Gasteiger partial charge in [0.15, 0.2) is 11.5 Å². The molecule has 36 heavy (non-hydrogen) atoms. The van der Waals surface area contributed by atoms with E-state index >= 15 is 4.39 Å². The first kappa shape index (κ1) is 23.5. The van der Waals surface area contributed by atoms with Crippen LogP contribution in [0.5, 0.6) is 5.75 Å². The Labute approximate surface area is 207 Å². The van der Waals surface area contributed by atoms with Crippen LogP contribution in [0.3, 0.4) is 0 Å². The van der Waals surface area contributed by atoms with Crippen molar-refractivity contribution in [2.24, 2.45) is 5.14 Å². The van der Waals surface area contributed by atoms with Crippen LogP contribution in [0.4, 0.5) is 10.2 Å². The highest BCUT2D eigenvalue weighted by atomic mass is 32.2. The monoisotopic (exact) mass is 503 g/mol. The number of hydrogen-bond acceptors (Lipinski definition) is 6. The van der Waals surface area contributed by atoms with E-state index in [-0.39, 0.29) is 4.90 Å². The topological polar surface area (TPSA) is 112 Å². The average molecular weight is 504 g/mol. The maximum absolute atomic E-state index is 15.0. The number of nitrogens with one attached hydrogen (secondary N) is 1. The van der Waals surface area contributed by atoms with Crippen molar-refractivity contribution in [2.75, 3.05) is 5.32 Å². The minimum atomic E-state index is -3.75. The summed E-state index contributed by atoms with van der Waals surface area (Å²) in [7, 11) is -3.75. The third-order valence-corrected chi connectivity index (χ3v) is 6.53. The summed E-state index contributed by atoms with van der Waals surface area (Å²) >= 11 is 0. The summed E-state index contributed by atoms with van der Waals surface area (Å²) in [6.07, 6.45) is 4.90. The number of ether oxygens (including phenoxy) is 1. The number of anilines is 1. The SMILES string of the molecule is NS(=O)(=O)c1ccc(CNc2nccn3c(-c4ccc(OCc5ccccc5)cc4F)cnc23)cc1. The zero-order valence-electron chi connectivity index (χ0n) is 19.0. The van der Waals surface area contributed by atoms with Crippen molar-refractivity contribution >= 4 is 21.5 Å². The fourth-order valence-corrected chi connectivity index (χ4v) is 4.28. The molecule has 2 heterocycles. The number of primary sulfonamides is 1. The number of sulfonamides is 1. The molecule has 5 aromatic rings. The Morgan fingerprint density at radius 2 is 1.75 bits per heavy atom. The van der Waals surface area contributed by atoms with E-state index in [0.717, 1.165) is 11.1 Å². The minimum absolute atomic E-state index is 0.0443. The molecular formula is C26H22FN5O3S. The van der Waals surface area contributed by atoms with Gasteiger partial charge < -0.3 is 10.1 Å². The zero-order chi connectivity index (χ0) is 25.1. The van der Waals surface area contributed by atoms with Crippen molar-refractivity contribution in [2.45, 2.75) is 18.0 Å². The zero-order valence-corrected chi connectivity index (χ0v) is 19.8. The molecule has 0 bridgehead atoms. The summed E-state index contributed by atoms with van der Waals surface area (Å²) < 4.78 is 45.4. The van der Waals surface area contributed by atoms with Gasteiger partial charge in [-0.2, -0.15) is 0 Å². The molecule has 0 unspecified atom stereocenters. The van der Waals surface area contributed by atoms with Gasteiger partial charge in [0.25, 0.3) is 0 Å². The highest BCUT2D eigenvalue weighted by Crippen LogP contribution is 2.29. The Bertz CT molecular complexity index is 1620. The standard InChI is InChI=1S/C26H22FN5O3S/c27-23-14-20(35-17-19-4-2-1-3-5-19)8-11-22(23)24-16-31-26-25(29-12-13-32(24)26)30-15-18-6-9-21(10-7-18)36(28,33)34/h1-14,16H,15,17H2,(H,29,30)(H2,28,33,34). The smallest absolute Gasteiger partial charge is 0.238 e. The number of imidazole rings is 1. The molecule has 3 N–H and O–H groups in total. The van der Waals surface area contributed by atoms with Crippen LogP contribution in [0.15, 0.2) is 96.3 Å². The second-order valence-corrected chi connectivity index (χ2v) is 9.63. The lowest BCUT2D eigenvalue weighted by atomic mass is 10.1. The molecule has 0 aliphatic heterocycles. The lowest BCUT2D eigenvalue weighted by molar-refractivity contribution is 0.304. The van der Waals surface area contributed by atoms with Crippen molar-refractivity contribution in [3.63, 3.8) is 0 Å². The van der Waals surface area contributed by atoms with Crippen molar-refractivity contribution in [1.29, 1.82) is 0 Å². The molecule has 10 heteroatoms. The first-order valence-corrected chi connectivity index (χ1v) is 12.6. The molecule has 2 aromatic heterocycles. The molecule has 0 saturated heterocycles. The molecule has 8 nitrogen and oxygen atoms in total. The third kappa shape index (κ3) is 5.04. The molecule has 0 saturated carbocycles. The average Bonchev–Trinajstić information content (AvgIpc) is 3.31. The maximum Gasteiger partial charge on any atom is 0.238 e. The Balaban J connectivity index is 1.34. The summed E-state index contributed by atoms with van der Waals surface area (Å²) in [5.74, 6) is 0.512. The summed E-state index contributed by atoms with van der Waals surface area (Å²) in [6, 6.07) is 20.7. The van der Waals surface area contributed by atoms with Crippen LogP contribution in [-0.2, 0) is 23.2 Å². The van der Waals surface area contributed by atoms with Crippen LogP contribution >= 0.6 is 0 Å². The number of fused-ring (bicyclic) bond motifs is 1. The Kier molecular flexibility index (Phi) is 6.36. The molecule has 0 spiro atoms. The number of rotatable bonds is 8. The van der Waals surface area contributed by atoms with Gasteiger partial charge in [-0.25, -0.2) is 27.9 Å². The summed E-state index contributed by atoms with van der Waals surface area (Å²) in [4.78, 5) is 8.83. The predicted octanol–water partition coefficient (Wildman–Crippen LogP) is 4.37. The normalized spacial score (nSPS) is 11.5. The van der Waals surface area contributed by atoms with E-state index in [1.807, 2.05) is 30.3 Å². The van der Waals surface area contributed by atoms with E-state index in [9.17, 15) is 8.42 Å². The Morgan fingerprint density at radius 3 is 2.47 bits per heavy atom. The van der Waals surface area contributed by atoms with Crippen LogP contribution < -0.4 is 15.2 Å². The lowest BCUT2D eigenvalue weighted by Crippen LogP contribution is -2.12. The fraction of sp³-hybridized carbons (Fsp3) is 0.0769. The van der Waals surface area contributed by atoms with Crippen LogP contribution in [0, 0.1) is 5.82 Å². The predicted molar refractivity (Wildman–Crippen MR) is 134 cm³/mol. The van der Waals surface area contributed by atoms with Gasteiger partial charge in [-0.1, -0.05) is 42.5 Å². The van der Waals surface area contributed by atoms with Gasteiger partial charge in [0.05, 0.1) is 16.8 Å². The van der Waals surface area contributed by atoms with Gasteiger partial charge in [0, 0.05) is 30.6 Å². The Morgan fingerprint density at radius 1 is 0.972 bits per heavy atom. The van der Waals surface area contributed by atoms with Gasteiger partial charge in [-0.05, 0) is 35.4 Å². The van der Waals surface area contributed by atoms with Gasteiger partial charge in [0.1, 0.15) is 18.2 Å². The molecule has 182 valence electrons. The number of halogens is 1. The quantitative estimate of drug-likeness (QED) is 0.325. The molecule has 3 aromatic carbocycles. The highest BCUT2D eigenvalue weighted by molar-refractivity contribution is 7.89. The molecule has 0 atom stereocenters. The van der Waals surface area contributed by atoms with E-state index in [0.29, 0.717) is 41.6 Å². The van der Waals surface area contributed by atoms with Crippen LogP contribution in [0.1, 0.15) is 11.1 Å². The van der Waals surface area contributed by atoms with Gasteiger partial charge in [-0.3, -0.25) is 4.40 Å². The van der Waals surface area contributed by atoms with Gasteiger partial charge in [-0.15, -0.1) is 0 Å². The van der Waals surface area contributed by atoms with Crippen LogP contribution in [0.2, 0.25) is 0 Å². The van der Waals surface area contributed by atoms with Crippen LogP contribution in [-0.4, -0.2) is 22.8 Å². The van der Waals surface area contributed by atoms with Crippen molar-refractivity contribution in [3.05, 3.63) is 108 Å². The molecule has 0 aliphatic carbocycles. The number of aromatic nitrogens is 3. The van der Waals surface area contributed by atoms with E-state index < -0.39 is 15.8 Å². The molecule has 5 rings (SSSR count). The first-order valence-electron chi connectivity index (χ1n) is 11.0. The summed E-state index contributed by atoms with van der Waals surface area (Å²) in [6.45, 7) is 0.724. The fourth-order valence-electron chi connectivity index (χ4n) is 3.76. The van der Waals surface area contributed by atoms with Gasteiger partial charge in [0.2, 0.25) is 10.0 Å². The highest BCUT2D eigenvalue weighted by Gasteiger charge is 2.15. The number of hydrogen-bond donors (Lipinski definition) is 2. The molecule has 0 amide bonds. The largest absolute Gasteiger partial charge is 0.489 e. The third-order valence-electron chi connectivity index (χ3n) is 5.60. The van der Waals surface area contributed by atoms with E-state index in [2.05, 4.69) is 15.3 Å². The number of nitrogens with two attached hydrogens (primary N) is 1. The van der Waals surface area contributed by atoms with Crippen molar-refractivity contribution in [1.82, 2.24) is 14.4 Å². The van der Waals surface area contributed by atoms with Crippen molar-refractivity contribution < 1.29 is 17.5 Å². The molecule has 0 fully saturated rings. The second kappa shape index (κ2) is 9.76. The number of benzene rings is 3. The minimum Gasteiger partial charge on any atom is -0.489 e. The molecule has 0 aliphatic rings. The summed E-state index contributed by atoms with van der Waals surface area (Å²) in [5.41, 5.74) is 3.30. The summed E-state index contributed by atoms with van der Waals surface area (Å²) in [5, 5.41) is 8.34. The number of nitrogens with zero attached hydrogens (tertiary/aromatic N) is 3. The van der Waals surface area contributed by atoms with Crippen LogP contribution in [0.25, 0.3) is 16.9 Å². The lowest BCUT2D eigenvalue weighted by Gasteiger charge is -2.10. The van der Waals surface area contributed by atoms with E-state index in [1.165, 1.54) is 18.2 Å². The van der Waals surface area contributed by atoms with Crippen molar-refractivity contribution in [3.8, 4) is 17.0 Å².